The van der Waals surface area contributed by atoms with Crippen molar-refractivity contribution in [3.8, 4) is 0 Å². The molecule has 0 aliphatic rings. The Hall–Kier alpha value is -1.64. The molecular weight excluding hydrogens is 222 g/mol. The van der Waals surface area contributed by atoms with Crippen LogP contribution in [0.25, 0.3) is 0 Å². The van der Waals surface area contributed by atoms with Crippen molar-refractivity contribution in [2.45, 2.75) is 18.9 Å². The Bertz CT molecular complexity index is 506. The molecule has 2 aromatic carbocycles. The zero-order chi connectivity index (χ0) is 13.0. The lowest BCUT2D eigenvalue weighted by Gasteiger charge is -2.24. The maximum Gasteiger partial charge on any atom is 0.0992 e. The van der Waals surface area contributed by atoms with Gasteiger partial charge >= 0.3 is 0 Å². The van der Waals surface area contributed by atoms with Gasteiger partial charge in [-0.3, -0.25) is 0 Å². The van der Waals surface area contributed by atoms with Crippen molar-refractivity contribution in [3.05, 3.63) is 71.3 Å². The highest BCUT2D eigenvalue weighted by Gasteiger charge is 2.23. The summed E-state index contributed by atoms with van der Waals surface area (Å²) in [4.78, 5) is 0. The van der Waals surface area contributed by atoms with E-state index in [1.165, 1.54) is 5.56 Å². The molecule has 0 aromatic heterocycles. The highest BCUT2D eigenvalue weighted by atomic mass is 16.3. The number of rotatable bonds is 4. The number of hydrogen-bond acceptors (Lipinski definition) is 2. The number of benzene rings is 2. The minimum Gasteiger partial charge on any atom is -0.384 e. The van der Waals surface area contributed by atoms with Crippen LogP contribution in [0.4, 0.5) is 0 Å². The second kappa shape index (κ2) is 5.34. The third kappa shape index (κ3) is 2.78. The van der Waals surface area contributed by atoms with Crippen molar-refractivity contribution in [3.63, 3.8) is 0 Å². The molecule has 2 heteroatoms. The number of nitrogens with two attached hydrogens (primary N) is 1. The van der Waals surface area contributed by atoms with Crippen molar-refractivity contribution in [1.82, 2.24) is 0 Å². The van der Waals surface area contributed by atoms with Crippen LogP contribution in [-0.2, 0) is 12.0 Å². The Morgan fingerprint density at radius 2 is 1.61 bits per heavy atom. The maximum absolute atomic E-state index is 10.3. The lowest BCUT2D eigenvalue weighted by Crippen LogP contribution is -2.32. The van der Waals surface area contributed by atoms with Crippen molar-refractivity contribution in [2.75, 3.05) is 6.54 Å². The van der Waals surface area contributed by atoms with Crippen LogP contribution in [0.3, 0.4) is 0 Å². The summed E-state index contributed by atoms with van der Waals surface area (Å²) in [6, 6.07) is 18.2. The number of hydrogen-bond donors (Lipinski definition) is 2. The van der Waals surface area contributed by atoms with E-state index in [1.54, 1.807) is 6.92 Å². The smallest absolute Gasteiger partial charge is 0.0992 e. The molecule has 0 radical (unpaired) electrons. The number of aliphatic hydroxyl groups is 1. The molecule has 1 atom stereocenters. The predicted octanol–water partition coefficient (Wildman–Crippen LogP) is 2.44. The van der Waals surface area contributed by atoms with Gasteiger partial charge in [-0.2, -0.15) is 0 Å². The van der Waals surface area contributed by atoms with Gasteiger partial charge in [-0.1, -0.05) is 54.6 Å². The van der Waals surface area contributed by atoms with Crippen molar-refractivity contribution in [1.29, 1.82) is 0 Å². The summed E-state index contributed by atoms with van der Waals surface area (Å²) < 4.78 is 0. The Kier molecular flexibility index (Phi) is 3.80. The minimum atomic E-state index is -0.967. The molecule has 3 N–H and O–H groups in total. The molecule has 0 saturated carbocycles. The lowest BCUT2D eigenvalue weighted by atomic mass is 9.89. The molecule has 2 rings (SSSR count). The topological polar surface area (TPSA) is 46.2 Å². The fraction of sp³-hybridized carbons (Fsp3) is 0.250. The zero-order valence-corrected chi connectivity index (χ0v) is 10.6. The fourth-order valence-electron chi connectivity index (χ4n) is 2.13. The van der Waals surface area contributed by atoms with Crippen LogP contribution < -0.4 is 5.73 Å². The summed E-state index contributed by atoms with van der Waals surface area (Å²) in [5.74, 6) is 0. The van der Waals surface area contributed by atoms with E-state index < -0.39 is 5.60 Å². The molecule has 0 bridgehead atoms. The third-order valence-corrected chi connectivity index (χ3v) is 3.23. The Balaban J connectivity index is 2.34. The summed E-state index contributed by atoms with van der Waals surface area (Å²) in [5, 5.41) is 10.3. The van der Waals surface area contributed by atoms with Gasteiger partial charge in [0.15, 0.2) is 0 Å². The first-order chi connectivity index (χ1) is 8.63. The van der Waals surface area contributed by atoms with E-state index in [0.29, 0.717) is 0 Å². The van der Waals surface area contributed by atoms with Crippen molar-refractivity contribution >= 4 is 0 Å². The van der Waals surface area contributed by atoms with Gasteiger partial charge in [0.05, 0.1) is 5.60 Å². The summed E-state index contributed by atoms with van der Waals surface area (Å²) in [6.45, 7) is 1.98. The van der Waals surface area contributed by atoms with Gasteiger partial charge in [0.25, 0.3) is 0 Å². The van der Waals surface area contributed by atoms with E-state index in [9.17, 15) is 5.11 Å². The quantitative estimate of drug-likeness (QED) is 0.863. The van der Waals surface area contributed by atoms with Crippen LogP contribution in [0.5, 0.6) is 0 Å². The van der Waals surface area contributed by atoms with Crippen LogP contribution >= 0.6 is 0 Å². The lowest BCUT2D eigenvalue weighted by molar-refractivity contribution is 0.0660. The average Bonchev–Trinajstić information content (AvgIpc) is 2.40. The van der Waals surface area contributed by atoms with Gasteiger partial charge in [-0.15, -0.1) is 0 Å². The van der Waals surface area contributed by atoms with Crippen LogP contribution in [0.15, 0.2) is 54.6 Å². The van der Waals surface area contributed by atoms with Gasteiger partial charge in [0, 0.05) is 6.54 Å². The molecule has 0 spiro atoms. The Morgan fingerprint density at radius 1 is 1.00 bits per heavy atom. The molecule has 94 valence electrons. The highest BCUT2D eigenvalue weighted by Crippen LogP contribution is 2.25. The van der Waals surface area contributed by atoms with Crippen LogP contribution in [-0.4, -0.2) is 11.7 Å². The summed E-state index contributed by atoms with van der Waals surface area (Å²) in [5.41, 5.74) is 7.96. The second-order valence-electron chi connectivity index (χ2n) is 4.80. The van der Waals surface area contributed by atoms with Crippen LogP contribution in [0.1, 0.15) is 23.6 Å². The molecule has 0 aliphatic heterocycles. The summed E-state index contributed by atoms with van der Waals surface area (Å²) >= 11 is 0. The minimum absolute atomic E-state index is 0.221. The Morgan fingerprint density at radius 3 is 2.28 bits per heavy atom. The molecule has 0 aliphatic carbocycles. The Labute approximate surface area is 108 Å². The monoisotopic (exact) mass is 241 g/mol. The molecule has 0 saturated heterocycles. The van der Waals surface area contributed by atoms with E-state index in [1.807, 2.05) is 42.5 Å². The molecular formula is C16H19NO. The SMILES string of the molecule is CC(O)(CN)c1ccccc1Cc1ccccc1. The van der Waals surface area contributed by atoms with Crippen molar-refractivity contribution in [2.24, 2.45) is 5.73 Å². The molecule has 0 fully saturated rings. The summed E-state index contributed by atoms with van der Waals surface area (Å²) in [6.07, 6.45) is 0.813. The first-order valence-electron chi connectivity index (χ1n) is 6.18. The van der Waals surface area contributed by atoms with Crippen LogP contribution in [0.2, 0.25) is 0 Å². The molecule has 0 heterocycles. The molecule has 2 aromatic rings. The molecule has 18 heavy (non-hydrogen) atoms. The zero-order valence-electron chi connectivity index (χ0n) is 10.6. The van der Waals surface area contributed by atoms with E-state index in [2.05, 4.69) is 12.1 Å². The fourth-order valence-corrected chi connectivity index (χ4v) is 2.13. The van der Waals surface area contributed by atoms with Gasteiger partial charge in [0.2, 0.25) is 0 Å². The first kappa shape index (κ1) is 12.8. The van der Waals surface area contributed by atoms with Crippen molar-refractivity contribution < 1.29 is 5.11 Å². The maximum atomic E-state index is 10.3. The molecule has 1 unspecified atom stereocenters. The predicted molar refractivity (Wildman–Crippen MR) is 74.3 cm³/mol. The van der Waals surface area contributed by atoms with E-state index in [-0.39, 0.29) is 6.54 Å². The normalized spacial score (nSPS) is 14.2. The standard InChI is InChI=1S/C16H19NO/c1-16(18,12-17)15-10-6-5-9-14(15)11-13-7-3-2-4-8-13/h2-10,18H,11-12,17H2,1H3. The third-order valence-electron chi connectivity index (χ3n) is 3.23. The van der Waals surface area contributed by atoms with E-state index >= 15 is 0 Å². The largest absolute Gasteiger partial charge is 0.384 e. The van der Waals surface area contributed by atoms with E-state index in [4.69, 9.17) is 5.73 Å². The van der Waals surface area contributed by atoms with Gasteiger partial charge in [-0.05, 0) is 30.0 Å². The van der Waals surface area contributed by atoms with Crippen LogP contribution in [0, 0.1) is 0 Å². The van der Waals surface area contributed by atoms with Gasteiger partial charge in [0.1, 0.15) is 0 Å². The van der Waals surface area contributed by atoms with E-state index in [0.717, 1.165) is 17.5 Å². The summed E-state index contributed by atoms with van der Waals surface area (Å²) in [7, 11) is 0. The van der Waals surface area contributed by atoms with Gasteiger partial charge in [-0.25, -0.2) is 0 Å². The van der Waals surface area contributed by atoms with Gasteiger partial charge < -0.3 is 10.8 Å². The molecule has 0 amide bonds. The highest BCUT2D eigenvalue weighted by molar-refractivity contribution is 5.36. The second-order valence-corrected chi connectivity index (χ2v) is 4.80. The first-order valence-corrected chi connectivity index (χ1v) is 6.18. The molecule has 2 nitrogen and oxygen atoms in total. The average molecular weight is 241 g/mol.